The van der Waals surface area contributed by atoms with E-state index in [1.165, 1.54) is 4.68 Å². The highest BCUT2D eigenvalue weighted by Gasteiger charge is 2.21. The van der Waals surface area contributed by atoms with E-state index in [2.05, 4.69) is 28.8 Å². The van der Waals surface area contributed by atoms with Gasteiger partial charge in [-0.1, -0.05) is 24.6 Å². The standard InChI is InChI=1S/C14H21ClN4O/c1-3-7-19-14(20)13(15)12(10-17-19)18-8-5-11(6-9-18)16-4-2/h3,10-11,16H,1,4-9H2,2H3. The highest BCUT2D eigenvalue weighted by atomic mass is 35.5. The molecule has 1 aliphatic rings. The average Bonchev–Trinajstić information content (AvgIpc) is 2.46. The molecule has 1 aromatic rings. The Labute approximate surface area is 124 Å². The quantitative estimate of drug-likeness (QED) is 0.840. The van der Waals surface area contributed by atoms with Crippen LogP contribution in [-0.4, -0.2) is 35.5 Å². The molecule has 110 valence electrons. The van der Waals surface area contributed by atoms with Gasteiger partial charge >= 0.3 is 0 Å². The Hall–Kier alpha value is -1.33. The summed E-state index contributed by atoms with van der Waals surface area (Å²) in [7, 11) is 0. The largest absolute Gasteiger partial charge is 0.369 e. The molecule has 1 saturated heterocycles. The first-order valence-electron chi connectivity index (χ1n) is 7.02. The number of hydrogen-bond acceptors (Lipinski definition) is 4. The third-order valence-electron chi connectivity index (χ3n) is 3.60. The minimum Gasteiger partial charge on any atom is -0.369 e. The van der Waals surface area contributed by atoms with E-state index in [9.17, 15) is 4.79 Å². The maximum absolute atomic E-state index is 12.1. The minimum atomic E-state index is -0.252. The fourth-order valence-corrected chi connectivity index (χ4v) is 2.81. The molecule has 0 spiro atoms. The van der Waals surface area contributed by atoms with Gasteiger partial charge < -0.3 is 10.2 Å². The average molecular weight is 297 g/mol. The monoisotopic (exact) mass is 296 g/mol. The highest BCUT2D eigenvalue weighted by Crippen LogP contribution is 2.24. The van der Waals surface area contributed by atoms with Crippen molar-refractivity contribution in [3.8, 4) is 0 Å². The molecular weight excluding hydrogens is 276 g/mol. The van der Waals surface area contributed by atoms with Crippen molar-refractivity contribution in [2.24, 2.45) is 0 Å². The lowest BCUT2D eigenvalue weighted by Crippen LogP contribution is -2.43. The van der Waals surface area contributed by atoms with Crippen LogP contribution in [0.5, 0.6) is 0 Å². The van der Waals surface area contributed by atoms with E-state index < -0.39 is 0 Å². The molecule has 0 radical (unpaired) electrons. The Balaban J connectivity index is 2.12. The van der Waals surface area contributed by atoms with Crippen LogP contribution in [0.15, 0.2) is 23.6 Å². The first-order valence-corrected chi connectivity index (χ1v) is 7.40. The number of nitrogens with one attached hydrogen (secondary N) is 1. The zero-order valence-electron chi connectivity index (χ0n) is 11.8. The second kappa shape index (κ2) is 6.90. The number of nitrogens with zero attached hydrogens (tertiary/aromatic N) is 3. The Morgan fingerprint density at radius 1 is 1.55 bits per heavy atom. The van der Waals surface area contributed by atoms with Crippen LogP contribution in [0.25, 0.3) is 0 Å². The van der Waals surface area contributed by atoms with Crippen LogP contribution in [-0.2, 0) is 6.54 Å². The molecule has 1 aliphatic heterocycles. The van der Waals surface area contributed by atoms with Gasteiger partial charge in [0.2, 0.25) is 0 Å². The zero-order chi connectivity index (χ0) is 14.5. The molecule has 5 nitrogen and oxygen atoms in total. The SMILES string of the molecule is C=CCn1ncc(N2CCC(NCC)CC2)c(Cl)c1=O. The van der Waals surface area contributed by atoms with Crippen LogP contribution < -0.4 is 15.8 Å². The fraction of sp³-hybridized carbons (Fsp3) is 0.571. The second-order valence-electron chi connectivity index (χ2n) is 4.94. The van der Waals surface area contributed by atoms with Gasteiger partial charge in [-0.15, -0.1) is 6.58 Å². The van der Waals surface area contributed by atoms with Gasteiger partial charge in [0.15, 0.2) is 0 Å². The number of halogens is 1. The third kappa shape index (κ3) is 3.22. The summed E-state index contributed by atoms with van der Waals surface area (Å²) in [5, 5.41) is 7.86. The molecule has 2 heterocycles. The number of piperidine rings is 1. The number of anilines is 1. The normalized spacial score (nSPS) is 16.4. The molecule has 0 amide bonds. The first-order chi connectivity index (χ1) is 9.67. The summed E-state index contributed by atoms with van der Waals surface area (Å²) in [6.45, 7) is 8.87. The summed E-state index contributed by atoms with van der Waals surface area (Å²) in [4.78, 5) is 14.2. The summed E-state index contributed by atoms with van der Waals surface area (Å²) in [5.41, 5.74) is 0.491. The number of allylic oxidation sites excluding steroid dienone is 1. The van der Waals surface area contributed by atoms with E-state index in [1.807, 2.05) is 0 Å². The van der Waals surface area contributed by atoms with Crippen LogP contribution in [0.3, 0.4) is 0 Å². The van der Waals surface area contributed by atoms with Crippen molar-refractivity contribution in [2.45, 2.75) is 32.4 Å². The maximum Gasteiger partial charge on any atom is 0.287 e. The molecule has 0 saturated carbocycles. The maximum atomic E-state index is 12.1. The summed E-state index contributed by atoms with van der Waals surface area (Å²) < 4.78 is 1.32. The van der Waals surface area contributed by atoms with Crippen molar-refractivity contribution in [3.63, 3.8) is 0 Å². The Bertz CT molecular complexity index is 520. The molecule has 6 heteroatoms. The van der Waals surface area contributed by atoms with Crippen LogP contribution in [0.2, 0.25) is 5.02 Å². The van der Waals surface area contributed by atoms with E-state index in [-0.39, 0.29) is 10.6 Å². The summed E-state index contributed by atoms with van der Waals surface area (Å²) in [6.07, 6.45) is 5.42. The van der Waals surface area contributed by atoms with Crippen molar-refractivity contribution in [3.05, 3.63) is 34.2 Å². The molecule has 1 N–H and O–H groups in total. The fourth-order valence-electron chi connectivity index (χ4n) is 2.54. The second-order valence-corrected chi connectivity index (χ2v) is 5.32. The van der Waals surface area contributed by atoms with Crippen molar-refractivity contribution < 1.29 is 0 Å². The number of hydrogen-bond donors (Lipinski definition) is 1. The molecule has 0 aromatic carbocycles. The molecule has 0 atom stereocenters. The first kappa shape index (κ1) is 15.1. The van der Waals surface area contributed by atoms with Crippen LogP contribution in [0, 0.1) is 0 Å². The van der Waals surface area contributed by atoms with Gasteiger partial charge in [-0.3, -0.25) is 4.79 Å². The van der Waals surface area contributed by atoms with Crippen molar-refractivity contribution in [1.82, 2.24) is 15.1 Å². The Morgan fingerprint density at radius 2 is 2.25 bits per heavy atom. The topological polar surface area (TPSA) is 50.2 Å². The van der Waals surface area contributed by atoms with E-state index in [4.69, 9.17) is 11.6 Å². The van der Waals surface area contributed by atoms with E-state index in [0.29, 0.717) is 12.6 Å². The predicted octanol–water partition coefficient (Wildman–Crippen LogP) is 1.66. The molecule has 0 aliphatic carbocycles. The lowest BCUT2D eigenvalue weighted by atomic mass is 10.0. The van der Waals surface area contributed by atoms with Crippen molar-refractivity contribution in [1.29, 1.82) is 0 Å². The molecule has 2 rings (SSSR count). The summed E-state index contributed by atoms with van der Waals surface area (Å²) in [6, 6.07) is 0.559. The van der Waals surface area contributed by atoms with Crippen LogP contribution in [0.1, 0.15) is 19.8 Å². The molecule has 1 aromatic heterocycles. The van der Waals surface area contributed by atoms with Crippen LogP contribution in [0.4, 0.5) is 5.69 Å². The molecule has 0 bridgehead atoms. The van der Waals surface area contributed by atoms with Gasteiger partial charge in [0.25, 0.3) is 5.56 Å². The summed E-state index contributed by atoms with van der Waals surface area (Å²) >= 11 is 6.20. The molecular formula is C14H21ClN4O. The van der Waals surface area contributed by atoms with Crippen molar-refractivity contribution in [2.75, 3.05) is 24.5 Å². The van der Waals surface area contributed by atoms with Gasteiger partial charge in [-0.25, -0.2) is 4.68 Å². The molecule has 0 unspecified atom stereocenters. The minimum absolute atomic E-state index is 0.252. The smallest absolute Gasteiger partial charge is 0.287 e. The predicted molar refractivity (Wildman–Crippen MR) is 82.6 cm³/mol. The highest BCUT2D eigenvalue weighted by molar-refractivity contribution is 6.33. The summed E-state index contributed by atoms with van der Waals surface area (Å²) in [5.74, 6) is 0. The lowest BCUT2D eigenvalue weighted by molar-refractivity contribution is 0.423. The lowest BCUT2D eigenvalue weighted by Gasteiger charge is -2.34. The Morgan fingerprint density at radius 3 is 2.85 bits per heavy atom. The molecule has 1 fully saturated rings. The third-order valence-corrected chi connectivity index (χ3v) is 3.95. The molecule has 20 heavy (non-hydrogen) atoms. The van der Waals surface area contributed by atoms with Crippen LogP contribution >= 0.6 is 11.6 Å². The van der Waals surface area contributed by atoms with E-state index >= 15 is 0 Å². The zero-order valence-corrected chi connectivity index (χ0v) is 12.6. The van der Waals surface area contributed by atoms with Gasteiger partial charge in [-0.2, -0.15) is 5.10 Å². The van der Waals surface area contributed by atoms with Crippen molar-refractivity contribution >= 4 is 17.3 Å². The number of rotatable bonds is 5. The van der Waals surface area contributed by atoms with E-state index in [0.717, 1.165) is 38.2 Å². The number of aromatic nitrogens is 2. The van der Waals surface area contributed by atoms with Gasteiger partial charge in [0.1, 0.15) is 5.02 Å². The van der Waals surface area contributed by atoms with E-state index in [1.54, 1.807) is 12.3 Å². The van der Waals surface area contributed by atoms with Gasteiger partial charge in [-0.05, 0) is 19.4 Å². The van der Waals surface area contributed by atoms with Gasteiger partial charge in [0, 0.05) is 19.1 Å². The van der Waals surface area contributed by atoms with Gasteiger partial charge in [0.05, 0.1) is 18.4 Å². The Kier molecular flexibility index (Phi) is 5.20.